The third kappa shape index (κ3) is 1.79. The van der Waals surface area contributed by atoms with Crippen LogP contribution in [0.3, 0.4) is 0 Å². The Morgan fingerprint density at radius 3 is 3.08 bits per heavy atom. The van der Waals surface area contributed by atoms with Crippen LogP contribution < -0.4 is 10.5 Å². The zero-order chi connectivity index (χ0) is 9.47. The summed E-state index contributed by atoms with van der Waals surface area (Å²) in [6, 6.07) is 5.68. The molecule has 1 aromatic carbocycles. The van der Waals surface area contributed by atoms with Gasteiger partial charge in [0.2, 0.25) is 0 Å². The smallest absolute Gasteiger partial charge is 0.124 e. The van der Waals surface area contributed by atoms with Gasteiger partial charge in [-0.15, -0.1) is 0 Å². The monoisotopic (exact) mass is 197 g/mol. The lowest BCUT2D eigenvalue weighted by Crippen LogP contribution is -2.46. The van der Waals surface area contributed by atoms with Crippen molar-refractivity contribution < 1.29 is 4.74 Å². The summed E-state index contributed by atoms with van der Waals surface area (Å²) in [5.41, 5.74) is 6.86. The molecule has 0 fully saturated rings. The quantitative estimate of drug-likeness (QED) is 0.691. The first-order chi connectivity index (χ1) is 6.07. The van der Waals surface area contributed by atoms with Crippen molar-refractivity contribution in [2.75, 3.05) is 6.61 Å². The van der Waals surface area contributed by atoms with Gasteiger partial charge in [-0.25, -0.2) is 0 Å². The Morgan fingerprint density at radius 1 is 1.54 bits per heavy atom. The number of nitrogens with two attached hydrogens (primary N) is 1. The molecular weight excluding hydrogens is 186 g/mol. The lowest BCUT2D eigenvalue weighted by molar-refractivity contribution is 0.204. The molecule has 0 saturated carbocycles. The summed E-state index contributed by atoms with van der Waals surface area (Å²) in [5.74, 6) is 0.871. The van der Waals surface area contributed by atoms with E-state index in [1.165, 1.54) is 0 Å². The molecule has 0 spiro atoms. The van der Waals surface area contributed by atoms with Crippen LogP contribution in [-0.2, 0) is 6.42 Å². The maximum absolute atomic E-state index is 5.97. The van der Waals surface area contributed by atoms with Gasteiger partial charge in [0, 0.05) is 5.02 Å². The summed E-state index contributed by atoms with van der Waals surface area (Å²) in [6.07, 6.45) is 0.847. The fourth-order valence-corrected chi connectivity index (χ4v) is 1.70. The highest BCUT2D eigenvalue weighted by Crippen LogP contribution is 2.30. The minimum absolute atomic E-state index is 0.249. The van der Waals surface area contributed by atoms with Crippen LogP contribution in [0, 0.1) is 0 Å². The van der Waals surface area contributed by atoms with E-state index in [0.717, 1.165) is 17.7 Å². The van der Waals surface area contributed by atoms with Crippen LogP contribution in [0.5, 0.6) is 5.75 Å². The van der Waals surface area contributed by atoms with Crippen molar-refractivity contribution in [2.45, 2.75) is 18.9 Å². The van der Waals surface area contributed by atoms with Crippen molar-refractivity contribution in [3.63, 3.8) is 0 Å². The van der Waals surface area contributed by atoms with Gasteiger partial charge in [0.25, 0.3) is 0 Å². The fourth-order valence-electron chi connectivity index (χ4n) is 1.54. The van der Waals surface area contributed by atoms with Crippen LogP contribution in [-0.4, -0.2) is 12.1 Å². The van der Waals surface area contributed by atoms with E-state index in [2.05, 4.69) is 0 Å². The van der Waals surface area contributed by atoms with E-state index in [-0.39, 0.29) is 5.54 Å². The standard InChI is InChI=1S/C10H12ClNO/c1-10(12)5-7-2-3-8(11)4-9(7)13-6-10/h2-4H,5-6,12H2,1H3. The Morgan fingerprint density at radius 2 is 2.31 bits per heavy atom. The highest BCUT2D eigenvalue weighted by atomic mass is 35.5. The van der Waals surface area contributed by atoms with Gasteiger partial charge < -0.3 is 10.5 Å². The molecule has 0 aromatic heterocycles. The van der Waals surface area contributed by atoms with Crippen molar-refractivity contribution in [1.29, 1.82) is 0 Å². The summed E-state index contributed by atoms with van der Waals surface area (Å²) in [5, 5.41) is 0.708. The zero-order valence-electron chi connectivity index (χ0n) is 7.51. The van der Waals surface area contributed by atoms with Gasteiger partial charge in [-0.1, -0.05) is 17.7 Å². The van der Waals surface area contributed by atoms with Gasteiger partial charge in [0.15, 0.2) is 0 Å². The molecule has 2 nitrogen and oxygen atoms in total. The van der Waals surface area contributed by atoms with Crippen LogP contribution in [0.15, 0.2) is 18.2 Å². The SMILES string of the molecule is CC1(N)COc2cc(Cl)ccc2C1. The molecule has 1 aliphatic heterocycles. The van der Waals surface area contributed by atoms with Crippen LogP contribution in [0.2, 0.25) is 5.02 Å². The second kappa shape index (κ2) is 2.89. The minimum atomic E-state index is -0.249. The number of halogens is 1. The first-order valence-electron chi connectivity index (χ1n) is 4.27. The van der Waals surface area contributed by atoms with E-state index in [0.29, 0.717) is 11.6 Å². The van der Waals surface area contributed by atoms with Crippen LogP contribution in [0.1, 0.15) is 12.5 Å². The predicted octanol–water partition coefficient (Wildman–Crippen LogP) is 1.99. The Bertz CT molecular complexity index is 336. The summed E-state index contributed by atoms with van der Waals surface area (Å²) in [4.78, 5) is 0. The van der Waals surface area contributed by atoms with Crippen molar-refractivity contribution in [1.82, 2.24) is 0 Å². The van der Waals surface area contributed by atoms with E-state index >= 15 is 0 Å². The normalized spacial score (nSPS) is 26.4. The fraction of sp³-hybridized carbons (Fsp3) is 0.400. The number of ether oxygens (including phenoxy) is 1. The number of hydrogen-bond acceptors (Lipinski definition) is 2. The lowest BCUT2D eigenvalue weighted by Gasteiger charge is -2.31. The Kier molecular flexibility index (Phi) is 1.97. The largest absolute Gasteiger partial charge is 0.491 e. The molecule has 1 atom stereocenters. The van der Waals surface area contributed by atoms with Gasteiger partial charge in [-0.2, -0.15) is 0 Å². The first kappa shape index (κ1) is 8.85. The molecule has 3 heteroatoms. The van der Waals surface area contributed by atoms with Gasteiger partial charge >= 0.3 is 0 Å². The van der Waals surface area contributed by atoms with Crippen LogP contribution >= 0.6 is 11.6 Å². The molecule has 1 unspecified atom stereocenters. The van der Waals surface area contributed by atoms with Crippen LogP contribution in [0.4, 0.5) is 0 Å². The lowest BCUT2D eigenvalue weighted by atomic mass is 9.92. The molecule has 1 aliphatic rings. The van der Waals surface area contributed by atoms with E-state index in [9.17, 15) is 0 Å². The van der Waals surface area contributed by atoms with Crippen LogP contribution in [0.25, 0.3) is 0 Å². The Labute approximate surface area is 82.6 Å². The molecule has 0 radical (unpaired) electrons. The third-order valence-corrected chi connectivity index (χ3v) is 2.42. The van der Waals surface area contributed by atoms with Crippen molar-refractivity contribution >= 4 is 11.6 Å². The molecule has 0 saturated heterocycles. The summed E-state index contributed by atoms with van der Waals surface area (Å²) in [6.45, 7) is 2.55. The van der Waals surface area contributed by atoms with E-state index in [4.69, 9.17) is 22.1 Å². The second-order valence-electron chi connectivity index (χ2n) is 3.87. The number of fused-ring (bicyclic) bond motifs is 1. The maximum Gasteiger partial charge on any atom is 0.124 e. The number of rotatable bonds is 0. The van der Waals surface area contributed by atoms with Crippen molar-refractivity contribution in [3.05, 3.63) is 28.8 Å². The number of benzene rings is 1. The molecular formula is C10H12ClNO. The zero-order valence-corrected chi connectivity index (χ0v) is 8.27. The highest BCUT2D eigenvalue weighted by Gasteiger charge is 2.26. The Hall–Kier alpha value is -0.730. The molecule has 2 rings (SSSR count). The topological polar surface area (TPSA) is 35.2 Å². The number of hydrogen-bond donors (Lipinski definition) is 1. The first-order valence-corrected chi connectivity index (χ1v) is 4.65. The summed E-state index contributed by atoms with van der Waals surface area (Å²) in [7, 11) is 0. The van der Waals surface area contributed by atoms with Gasteiger partial charge in [-0.05, 0) is 31.0 Å². The van der Waals surface area contributed by atoms with E-state index < -0.39 is 0 Å². The van der Waals surface area contributed by atoms with Crippen molar-refractivity contribution in [3.8, 4) is 5.75 Å². The average Bonchev–Trinajstić information content (AvgIpc) is 2.05. The molecule has 13 heavy (non-hydrogen) atoms. The molecule has 2 N–H and O–H groups in total. The Balaban J connectivity index is 2.37. The summed E-state index contributed by atoms with van der Waals surface area (Å²) >= 11 is 5.84. The van der Waals surface area contributed by atoms with Crippen molar-refractivity contribution in [2.24, 2.45) is 5.73 Å². The maximum atomic E-state index is 5.97. The predicted molar refractivity (Wildman–Crippen MR) is 53.2 cm³/mol. The van der Waals surface area contributed by atoms with Gasteiger partial charge in [0.05, 0.1) is 5.54 Å². The molecule has 70 valence electrons. The van der Waals surface area contributed by atoms with E-state index in [1.54, 1.807) is 0 Å². The average molecular weight is 198 g/mol. The van der Waals surface area contributed by atoms with Gasteiger partial charge in [-0.3, -0.25) is 0 Å². The molecule has 0 amide bonds. The molecule has 0 bridgehead atoms. The second-order valence-corrected chi connectivity index (χ2v) is 4.31. The summed E-state index contributed by atoms with van der Waals surface area (Å²) < 4.78 is 5.51. The highest BCUT2D eigenvalue weighted by molar-refractivity contribution is 6.30. The molecule has 0 aliphatic carbocycles. The van der Waals surface area contributed by atoms with Gasteiger partial charge in [0.1, 0.15) is 12.4 Å². The third-order valence-electron chi connectivity index (χ3n) is 2.18. The molecule has 1 aromatic rings. The van der Waals surface area contributed by atoms with E-state index in [1.807, 2.05) is 25.1 Å². The molecule has 1 heterocycles. The minimum Gasteiger partial charge on any atom is -0.491 e.